The third kappa shape index (κ3) is 2.97. The number of rotatable bonds is 4. The standard InChI is InChI=1S/C10H12BrClO/c1-13-10(6-11)9-4-2-8(7-12)3-5-9/h2-5,10H,6-7H2,1H3. The molecule has 1 aromatic carbocycles. The van der Waals surface area contributed by atoms with Gasteiger partial charge < -0.3 is 4.74 Å². The van der Waals surface area contributed by atoms with Crippen molar-refractivity contribution < 1.29 is 4.74 Å². The van der Waals surface area contributed by atoms with Crippen LogP contribution >= 0.6 is 27.5 Å². The van der Waals surface area contributed by atoms with Gasteiger partial charge in [0.2, 0.25) is 0 Å². The molecule has 0 heterocycles. The molecule has 0 bridgehead atoms. The fourth-order valence-corrected chi connectivity index (χ4v) is 1.93. The van der Waals surface area contributed by atoms with Gasteiger partial charge in [-0.1, -0.05) is 40.2 Å². The van der Waals surface area contributed by atoms with E-state index in [0.717, 1.165) is 10.9 Å². The van der Waals surface area contributed by atoms with Gasteiger partial charge in [-0.05, 0) is 11.1 Å². The Morgan fingerprint density at radius 3 is 2.38 bits per heavy atom. The van der Waals surface area contributed by atoms with E-state index in [0.29, 0.717) is 5.88 Å². The topological polar surface area (TPSA) is 9.23 Å². The predicted octanol–water partition coefficient (Wildman–Crippen LogP) is 3.51. The van der Waals surface area contributed by atoms with E-state index >= 15 is 0 Å². The molecule has 0 aliphatic heterocycles. The molecular weight excluding hydrogens is 251 g/mol. The van der Waals surface area contributed by atoms with E-state index in [1.807, 2.05) is 24.3 Å². The summed E-state index contributed by atoms with van der Waals surface area (Å²) in [5.41, 5.74) is 2.31. The summed E-state index contributed by atoms with van der Waals surface area (Å²) in [5, 5.41) is 0.809. The predicted molar refractivity (Wildman–Crippen MR) is 59.5 cm³/mol. The highest BCUT2D eigenvalue weighted by atomic mass is 79.9. The van der Waals surface area contributed by atoms with Crippen LogP contribution in [-0.4, -0.2) is 12.4 Å². The van der Waals surface area contributed by atoms with Gasteiger partial charge in [-0.25, -0.2) is 0 Å². The highest BCUT2D eigenvalue weighted by Crippen LogP contribution is 2.19. The first-order valence-corrected chi connectivity index (χ1v) is 5.71. The Balaban J connectivity index is 2.78. The maximum atomic E-state index is 5.69. The van der Waals surface area contributed by atoms with Gasteiger partial charge in [0.25, 0.3) is 0 Å². The number of halogens is 2. The molecule has 1 atom stereocenters. The van der Waals surface area contributed by atoms with Crippen LogP contribution in [0.5, 0.6) is 0 Å². The highest BCUT2D eigenvalue weighted by molar-refractivity contribution is 9.09. The number of benzene rings is 1. The first kappa shape index (κ1) is 11.0. The van der Waals surface area contributed by atoms with E-state index in [4.69, 9.17) is 16.3 Å². The summed E-state index contributed by atoms with van der Waals surface area (Å²) in [6.07, 6.45) is 0.129. The average molecular weight is 264 g/mol. The number of ether oxygens (including phenoxy) is 1. The zero-order chi connectivity index (χ0) is 9.68. The molecule has 0 saturated carbocycles. The molecule has 0 fully saturated rings. The number of hydrogen-bond donors (Lipinski definition) is 0. The molecule has 0 N–H and O–H groups in total. The van der Waals surface area contributed by atoms with Crippen molar-refractivity contribution in [2.75, 3.05) is 12.4 Å². The minimum absolute atomic E-state index is 0.129. The van der Waals surface area contributed by atoms with Crippen LogP contribution in [0.3, 0.4) is 0 Å². The zero-order valence-electron chi connectivity index (χ0n) is 7.47. The average Bonchev–Trinajstić information content (AvgIpc) is 2.21. The molecular formula is C10H12BrClO. The summed E-state index contributed by atoms with van der Waals surface area (Å²) in [7, 11) is 1.71. The fourth-order valence-electron chi connectivity index (χ4n) is 1.11. The van der Waals surface area contributed by atoms with Crippen LogP contribution in [0.4, 0.5) is 0 Å². The maximum absolute atomic E-state index is 5.69. The van der Waals surface area contributed by atoms with Crippen LogP contribution in [0, 0.1) is 0 Å². The summed E-state index contributed by atoms with van der Waals surface area (Å²) in [6, 6.07) is 8.15. The first-order chi connectivity index (χ1) is 6.31. The van der Waals surface area contributed by atoms with Gasteiger partial charge in [0.15, 0.2) is 0 Å². The Hall–Kier alpha value is -0.0500. The van der Waals surface area contributed by atoms with Crippen LogP contribution < -0.4 is 0 Å². The highest BCUT2D eigenvalue weighted by Gasteiger charge is 2.07. The first-order valence-electron chi connectivity index (χ1n) is 4.05. The minimum atomic E-state index is 0.129. The van der Waals surface area contributed by atoms with Crippen LogP contribution in [-0.2, 0) is 10.6 Å². The quantitative estimate of drug-likeness (QED) is 0.756. The molecule has 72 valence electrons. The van der Waals surface area contributed by atoms with E-state index in [1.165, 1.54) is 5.56 Å². The van der Waals surface area contributed by atoms with Crippen molar-refractivity contribution in [1.82, 2.24) is 0 Å². The molecule has 0 spiro atoms. The Morgan fingerprint density at radius 1 is 1.38 bits per heavy atom. The van der Waals surface area contributed by atoms with Crippen molar-refractivity contribution in [2.24, 2.45) is 0 Å². The molecule has 0 amide bonds. The van der Waals surface area contributed by atoms with Gasteiger partial charge in [0, 0.05) is 18.3 Å². The lowest BCUT2D eigenvalue weighted by Crippen LogP contribution is -2.02. The van der Waals surface area contributed by atoms with Gasteiger partial charge in [-0.3, -0.25) is 0 Å². The third-order valence-corrected chi connectivity index (χ3v) is 2.83. The lowest BCUT2D eigenvalue weighted by Gasteiger charge is -2.12. The van der Waals surface area contributed by atoms with Crippen molar-refractivity contribution in [3.8, 4) is 0 Å². The summed E-state index contributed by atoms with van der Waals surface area (Å²) in [5.74, 6) is 0.562. The van der Waals surface area contributed by atoms with E-state index < -0.39 is 0 Å². The van der Waals surface area contributed by atoms with Gasteiger partial charge in [-0.2, -0.15) is 0 Å². The van der Waals surface area contributed by atoms with Gasteiger partial charge in [0.05, 0.1) is 6.10 Å². The van der Waals surface area contributed by atoms with E-state index in [-0.39, 0.29) is 6.10 Å². The minimum Gasteiger partial charge on any atom is -0.376 e. The van der Waals surface area contributed by atoms with Gasteiger partial charge in [-0.15, -0.1) is 11.6 Å². The second kappa shape index (κ2) is 5.63. The maximum Gasteiger partial charge on any atom is 0.0917 e. The summed E-state index contributed by atoms with van der Waals surface area (Å²) in [4.78, 5) is 0. The van der Waals surface area contributed by atoms with Crippen molar-refractivity contribution in [3.63, 3.8) is 0 Å². The van der Waals surface area contributed by atoms with E-state index in [2.05, 4.69) is 15.9 Å². The van der Waals surface area contributed by atoms with Crippen LogP contribution in [0.15, 0.2) is 24.3 Å². The van der Waals surface area contributed by atoms with Crippen molar-refractivity contribution >= 4 is 27.5 Å². The number of methoxy groups -OCH3 is 1. The van der Waals surface area contributed by atoms with Crippen molar-refractivity contribution in [1.29, 1.82) is 0 Å². The SMILES string of the molecule is COC(CBr)c1ccc(CCl)cc1. The van der Waals surface area contributed by atoms with Gasteiger partial charge in [0.1, 0.15) is 0 Å². The lowest BCUT2D eigenvalue weighted by atomic mass is 10.1. The molecule has 1 unspecified atom stereocenters. The molecule has 1 nitrogen and oxygen atoms in total. The Kier molecular flexibility index (Phi) is 4.78. The third-order valence-electron chi connectivity index (χ3n) is 1.93. The molecule has 0 saturated heterocycles. The molecule has 3 heteroatoms. The zero-order valence-corrected chi connectivity index (χ0v) is 9.81. The summed E-state index contributed by atoms with van der Waals surface area (Å²) >= 11 is 9.08. The summed E-state index contributed by atoms with van der Waals surface area (Å²) in [6.45, 7) is 0. The molecule has 0 aromatic heterocycles. The van der Waals surface area contributed by atoms with Crippen LogP contribution in [0.1, 0.15) is 17.2 Å². The number of hydrogen-bond acceptors (Lipinski definition) is 1. The Labute approximate surface area is 92.2 Å². The smallest absolute Gasteiger partial charge is 0.0917 e. The lowest BCUT2D eigenvalue weighted by molar-refractivity contribution is 0.124. The molecule has 1 aromatic rings. The van der Waals surface area contributed by atoms with Crippen LogP contribution in [0.2, 0.25) is 0 Å². The number of alkyl halides is 2. The monoisotopic (exact) mass is 262 g/mol. The Bertz CT molecular complexity index is 244. The Morgan fingerprint density at radius 2 is 2.00 bits per heavy atom. The van der Waals surface area contributed by atoms with Crippen molar-refractivity contribution in [2.45, 2.75) is 12.0 Å². The second-order valence-corrected chi connectivity index (χ2v) is 3.67. The molecule has 13 heavy (non-hydrogen) atoms. The molecule has 0 aliphatic rings. The van der Waals surface area contributed by atoms with E-state index in [9.17, 15) is 0 Å². The molecule has 1 rings (SSSR count). The van der Waals surface area contributed by atoms with Crippen LogP contribution in [0.25, 0.3) is 0 Å². The largest absolute Gasteiger partial charge is 0.376 e. The fraction of sp³-hybridized carbons (Fsp3) is 0.400. The molecule has 0 radical (unpaired) electrons. The molecule has 0 aliphatic carbocycles. The van der Waals surface area contributed by atoms with Gasteiger partial charge >= 0.3 is 0 Å². The summed E-state index contributed by atoms with van der Waals surface area (Å²) < 4.78 is 5.28. The second-order valence-electron chi connectivity index (χ2n) is 2.75. The normalized spacial score (nSPS) is 12.8. The van der Waals surface area contributed by atoms with E-state index in [1.54, 1.807) is 7.11 Å². The van der Waals surface area contributed by atoms with Crippen molar-refractivity contribution in [3.05, 3.63) is 35.4 Å².